The molecule has 0 N–H and O–H groups in total. The molecule has 0 spiro atoms. The summed E-state index contributed by atoms with van der Waals surface area (Å²) in [4.78, 5) is 14.1. The van der Waals surface area contributed by atoms with E-state index in [1.165, 1.54) is 16.7 Å². The molecule has 0 amide bonds. The van der Waals surface area contributed by atoms with Crippen molar-refractivity contribution in [1.82, 2.24) is 15.0 Å². The van der Waals surface area contributed by atoms with Crippen molar-refractivity contribution in [2.75, 3.05) is 0 Å². The normalized spacial score (nSPS) is 11.1. The summed E-state index contributed by atoms with van der Waals surface area (Å²) >= 11 is 0. The molecule has 3 heteroatoms. The lowest BCUT2D eigenvalue weighted by molar-refractivity contribution is 1.29. The Bertz CT molecular complexity index is 3720. The maximum Gasteiger partial charge on any atom is 0.0704 e. The smallest absolute Gasteiger partial charge is 0.0704 e. The van der Waals surface area contributed by atoms with Crippen molar-refractivity contribution >= 4 is 0 Å². The molecule has 0 saturated carbocycles. The largest absolute Gasteiger partial charge is 0.256 e. The van der Waals surface area contributed by atoms with Gasteiger partial charge in [-0.05, 0) is 162 Å². The average Bonchev–Trinajstić information content (AvgIpc) is 3.48. The Morgan fingerprint density at radius 2 is 0.548 bits per heavy atom. The minimum Gasteiger partial charge on any atom is -0.256 e. The number of nitrogens with zero attached hydrogens (tertiary/aromatic N) is 3. The number of pyridine rings is 3. The molecule has 0 atom stereocenters. The standard InChI is InChI=1S/C70H49N3/c1-48-39-42-73-70(43-48)56-37-38-66(67(47-56)53-27-25-50(26-28-53)49-15-3-2-4-16-49)65-22-10-9-21-64(65)59-45-57(62-19-7-5-17-60(62)51-29-33-54(34-30-51)68-23-11-13-40-71-68)44-58(46-59)63-20-8-6-18-61(63)52-31-35-55(36-32-52)69-24-12-14-41-72-69/h2-47H,1H3. The summed E-state index contributed by atoms with van der Waals surface area (Å²) in [5, 5.41) is 0. The molecule has 0 aliphatic heterocycles. The van der Waals surface area contributed by atoms with Crippen molar-refractivity contribution in [3.8, 4) is 123 Å². The maximum atomic E-state index is 4.83. The van der Waals surface area contributed by atoms with E-state index in [2.05, 4.69) is 253 Å². The van der Waals surface area contributed by atoms with E-state index >= 15 is 0 Å². The van der Waals surface area contributed by atoms with Gasteiger partial charge in [-0.3, -0.25) is 15.0 Å². The number of hydrogen-bond donors (Lipinski definition) is 0. The third-order valence-electron chi connectivity index (χ3n) is 13.8. The lowest BCUT2D eigenvalue weighted by Gasteiger charge is -2.19. The Morgan fingerprint density at radius 3 is 1.03 bits per heavy atom. The lowest BCUT2D eigenvalue weighted by Crippen LogP contribution is -1.94. The second-order valence-corrected chi connectivity index (χ2v) is 18.4. The van der Waals surface area contributed by atoms with Crippen molar-refractivity contribution < 1.29 is 0 Å². The van der Waals surface area contributed by atoms with Gasteiger partial charge in [0.05, 0.1) is 17.1 Å². The van der Waals surface area contributed by atoms with Gasteiger partial charge < -0.3 is 0 Å². The van der Waals surface area contributed by atoms with Crippen LogP contribution in [0.1, 0.15) is 5.56 Å². The maximum absolute atomic E-state index is 4.83. The fourth-order valence-corrected chi connectivity index (χ4v) is 10.1. The molecule has 0 fully saturated rings. The summed E-state index contributed by atoms with van der Waals surface area (Å²) in [6.45, 7) is 2.12. The fourth-order valence-electron chi connectivity index (χ4n) is 10.1. The third kappa shape index (κ3) is 9.32. The minimum absolute atomic E-state index is 0.953. The second kappa shape index (κ2) is 20.0. The third-order valence-corrected chi connectivity index (χ3v) is 13.8. The second-order valence-electron chi connectivity index (χ2n) is 18.4. The van der Waals surface area contributed by atoms with Gasteiger partial charge in [-0.2, -0.15) is 0 Å². The van der Waals surface area contributed by atoms with Gasteiger partial charge >= 0.3 is 0 Å². The van der Waals surface area contributed by atoms with Crippen molar-refractivity contribution in [2.45, 2.75) is 6.92 Å². The van der Waals surface area contributed by atoms with E-state index in [1.807, 2.05) is 42.9 Å². The van der Waals surface area contributed by atoms with Crippen LogP contribution in [0.25, 0.3) is 123 Å². The quantitative estimate of drug-likeness (QED) is 0.130. The summed E-state index contributed by atoms with van der Waals surface area (Å²) in [5.41, 5.74) is 25.7. The van der Waals surface area contributed by atoms with Gasteiger partial charge in [0.25, 0.3) is 0 Å². The molecule has 0 aliphatic carbocycles. The van der Waals surface area contributed by atoms with Crippen LogP contribution in [0, 0.1) is 6.92 Å². The predicted molar refractivity (Wildman–Crippen MR) is 304 cm³/mol. The van der Waals surface area contributed by atoms with Gasteiger partial charge in [-0.15, -0.1) is 0 Å². The highest BCUT2D eigenvalue weighted by molar-refractivity contribution is 5.97. The molecule has 9 aromatic carbocycles. The molecule has 344 valence electrons. The number of hydrogen-bond acceptors (Lipinski definition) is 3. The molecule has 3 nitrogen and oxygen atoms in total. The average molecular weight is 932 g/mol. The van der Waals surface area contributed by atoms with Crippen LogP contribution < -0.4 is 0 Å². The van der Waals surface area contributed by atoms with Crippen LogP contribution in [0.15, 0.2) is 279 Å². The first kappa shape index (κ1) is 44.6. The zero-order valence-corrected chi connectivity index (χ0v) is 40.4. The highest BCUT2D eigenvalue weighted by Gasteiger charge is 2.19. The Kier molecular flexibility index (Phi) is 12.2. The number of aromatic nitrogens is 3. The van der Waals surface area contributed by atoms with Crippen LogP contribution in [0.2, 0.25) is 0 Å². The van der Waals surface area contributed by atoms with Crippen LogP contribution in [-0.2, 0) is 0 Å². The molecule has 12 aromatic rings. The van der Waals surface area contributed by atoms with E-state index in [1.54, 1.807) is 0 Å². The molecule has 0 unspecified atom stereocenters. The highest BCUT2D eigenvalue weighted by Crippen LogP contribution is 2.45. The van der Waals surface area contributed by atoms with Crippen LogP contribution in [-0.4, -0.2) is 15.0 Å². The molecule has 0 aliphatic rings. The highest BCUT2D eigenvalue weighted by atomic mass is 14.7. The van der Waals surface area contributed by atoms with E-state index < -0.39 is 0 Å². The van der Waals surface area contributed by atoms with E-state index in [0.29, 0.717) is 0 Å². The first-order valence-corrected chi connectivity index (χ1v) is 24.8. The molecule has 12 rings (SSSR count). The number of aryl methyl sites for hydroxylation is 1. The molecular weight excluding hydrogens is 883 g/mol. The predicted octanol–water partition coefficient (Wildman–Crippen LogP) is 18.5. The zero-order chi connectivity index (χ0) is 48.9. The molecule has 0 radical (unpaired) electrons. The van der Waals surface area contributed by atoms with E-state index in [9.17, 15) is 0 Å². The number of rotatable bonds is 11. The van der Waals surface area contributed by atoms with Gasteiger partial charge in [-0.1, -0.05) is 200 Å². The number of benzene rings is 9. The van der Waals surface area contributed by atoms with Gasteiger partial charge in [0.1, 0.15) is 0 Å². The summed E-state index contributed by atoms with van der Waals surface area (Å²) in [6.07, 6.45) is 5.59. The first-order chi connectivity index (χ1) is 36.1. The SMILES string of the molecule is Cc1ccnc(-c2ccc(-c3ccccc3-c3cc(-c4ccccc4-c4ccc(-c5ccccn5)cc4)cc(-c4ccccc4-c4ccc(-c5ccccn5)cc4)c3)c(-c3ccc(-c4ccccc4)cc3)c2)c1. The van der Waals surface area contributed by atoms with E-state index in [4.69, 9.17) is 4.98 Å². The van der Waals surface area contributed by atoms with Crippen molar-refractivity contribution in [3.05, 3.63) is 285 Å². The van der Waals surface area contributed by atoms with Crippen molar-refractivity contribution in [2.24, 2.45) is 0 Å². The van der Waals surface area contributed by atoms with Crippen LogP contribution in [0.4, 0.5) is 0 Å². The Labute approximate surface area is 427 Å². The summed E-state index contributed by atoms with van der Waals surface area (Å²) < 4.78 is 0. The summed E-state index contributed by atoms with van der Waals surface area (Å²) in [5.74, 6) is 0. The monoisotopic (exact) mass is 931 g/mol. The van der Waals surface area contributed by atoms with Gasteiger partial charge in [-0.25, -0.2) is 0 Å². The Morgan fingerprint density at radius 1 is 0.192 bits per heavy atom. The molecular formula is C70H49N3. The van der Waals surface area contributed by atoms with Gasteiger partial charge in [0, 0.05) is 35.3 Å². The van der Waals surface area contributed by atoms with Crippen molar-refractivity contribution in [3.63, 3.8) is 0 Å². The first-order valence-electron chi connectivity index (χ1n) is 24.8. The van der Waals surface area contributed by atoms with Crippen LogP contribution in [0.3, 0.4) is 0 Å². The van der Waals surface area contributed by atoms with Crippen LogP contribution >= 0.6 is 0 Å². The summed E-state index contributed by atoms with van der Waals surface area (Å²) in [6, 6.07) is 93.9. The van der Waals surface area contributed by atoms with Gasteiger partial charge in [0.2, 0.25) is 0 Å². The molecule has 3 aromatic heterocycles. The fraction of sp³-hybridized carbons (Fsp3) is 0.0143. The van der Waals surface area contributed by atoms with E-state index in [-0.39, 0.29) is 0 Å². The lowest BCUT2D eigenvalue weighted by atomic mass is 9.84. The molecule has 73 heavy (non-hydrogen) atoms. The topological polar surface area (TPSA) is 38.7 Å². The molecule has 3 heterocycles. The zero-order valence-electron chi connectivity index (χ0n) is 40.4. The van der Waals surface area contributed by atoms with Crippen molar-refractivity contribution in [1.29, 1.82) is 0 Å². The Hall–Kier alpha value is -9.57. The van der Waals surface area contributed by atoms with E-state index in [0.717, 1.165) is 112 Å². The van der Waals surface area contributed by atoms with Crippen LogP contribution in [0.5, 0.6) is 0 Å². The molecule has 0 bridgehead atoms. The Balaban J connectivity index is 1.04. The molecule has 0 saturated heterocycles. The summed E-state index contributed by atoms with van der Waals surface area (Å²) in [7, 11) is 0. The van der Waals surface area contributed by atoms with Gasteiger partial charge in [0.15, 0.2) is 0 Å². The minimum atomic E-state index is 0.953.